The summed E-state index contributed by atoms with van der Waals surface area (Å²) in [5, 5.41) is 25.7. The van der Waals surface area contributed by atoms with E-state index in [1.54, 1.807) is 0 Å². The van der Waals surface area contributed by atoms with Crippen LogP contribution in [0.1, 0.15) is 84.6 Å². The summed E-state index contributed by atoms with van der Waals surface area (Å²) in [6.07, 6.45) is 0. The van der Waals surface area contributed by atoms with Crippen LogP contribution in [-0.4, -0.2) is 13.7 Å². The second-order valence-corrected chi connectivity index (χ2v) is 39.5. The third kappa shape index (κ3) is 14.3. The molecule has 3 nitrogen and oxygen atoms in total. The lowest BCUT2D eigenvalue weighted by Gasteiger charge is -2.23. The van der Waals surface area contributed by atoms with Crippen molar-refractivity contribution in [3.05, 3.63) is 465 Å². The van der Waals surface area contributed by atoms with Gasteiger partial charge in [0.05, 0.1) is 33.1 Å². The van der Waals surface area contributed by atoms with Gasteiger partial charge in [0.1, 0.15) is 0 Å². The summed E-state index contributed by atoms with van der Waals surface area (Å²) < 4.78 is 7.17. The Kier molecular flexibility index (Phi) is 20.2. The third-order valence-electron chi connectivity index (χ3n) is 28.1. The van der Waals surface area contributed by atoms with Gasteiger partial charge in [-0.15, -0.1) is 0 Å². The van der Waals surface area contributed by atoms with Crippen LogP contribution in [0.25, 0.3) is 225 Å². The molecule has 0 saturated heterocycles. The Hall–Kier alpha value is -15.9. The van der Waals surface area contributed by atoms with E-state index in [-0.39, 0.29) is 16.2 Å². The van der Waals surface area contributed by atoms with Gasteiger partial charge in [0.2, 0.25) is 0 Å². The van der Waals surface area contributed by atoms with Crippen molar-refractivity contribution in [2.45, 2.75) is 85.5 Å². The van der Waals surface area contributed by atoms with Crippen LogP contribution in [0.15, 0.2) is 443 Å². The maximum Gasteiger partial charge on any atom is 0.0541 e. The normalized spacial score (nSPS) is 12.1. The smallest absolute Gasteiger partial charge is 0.0541 e. The van der Waals surface area contributed by atoms with Crippen molar-refractivity contribution in [1.29, 1.82) is 0 Å². The van der Waals surface area contributed by atoms with E-state index in [0.717, 1.165) is 0 Å². The summed E-state index contributed by atoms with van der Waals surface area (Å²) in [4.78, 5) is 0. The molecule has 0 saturated carbocycles. The highest BCUT2D eigenvalue weighted by atomic mass is 15.0. The molecule has 0 fully saturated rings. The van der Waals surface area contributed by atoms with Crippen LogP contribution in [0.5, 0.6) is 0 Å². The number of nitrogens with zero attached hydrogens (tertiary/aromatic N) is 3. The van der Waals surface area contributed by atoms with Gasteiger partial charge in [0, 0.05) is 49.4 Å². The predicted molar refractivity (Wildman–Crippen MR) is 578 cm³/mol. The maximum atomic E-state index is 2.45. The quantitative estimate of drug-likeness (QED) is 0.128. The Balaban J connectivity index is 0.000000114. The molecule has 0 radical (unpaired) electrons. The molecule has 25 rings (SSSR count). The second kappa shape index (κ2) is 32.9. The van der Waals surface area contributed by atoms with E-state index in [4.69, 9.17) is 0 Å². The van der Waals surface area contributed by atoms with E-state index in [9.17, 15) is 0 Å². The van der Waals surface area contributed by atoms with Gasteiger partial charge in [-0.2, -0.15) is 0 Å². The van der Waals surface area contributed by atoms with Gasteiger partial charge >= 0.3 is 0 Å². The first-order chi connectivity index (χ1) is 65.3. The molecule has 0 atom stereocenters. The Morgan fingerprint density at radius 1 is 0.149 bits per heavy atom. The fourth-order valence-corrected chi connectivity index (χ4v) is 21.4. The molecule has 0 amide bonds. The highest BCUT2D eigenvalue weighted by Gasteiger charge is 2.27. The number of fused-ring (bicyclic) bond motifs is 16. The Labute approximate surface area is 783 Å². The van der Waals surface area contributed by atoms with Crippen molar-refractivity contribution < 1.29 is 0 Å². The van der Waals surface area contributed by atoms with E-state index < -0.39 is 0 Å². The first kappa shape index (κ1) is 82.5. The number of rotatable bonds is 9. The van der Waals surface area contributed by atoms with Crippen LogP contribution in [0.4, 0.5) is 0 Å². The van der Waals surface area contributed by atoms with Crippen LogP contribution < -0.4 is 0 Å². The van der Waals surface area contributed by atoms with Crippen molar-refractivity contribution in [2.24, 2.45) is 0 Å². The zero-order valence-corrected chi connectivity index (χ0v) is 77.5. The van der Waals surface area contributed by atoms with Gasteiger partial charge in [-0.1, -0.05) is 414 Å². The molecular weight excluding hydrogens is 1620 g/mol. The Morgan fingerprint density at radius 2 is 0.358 bits per heavy atom. The zero-order valence-electron chi connectivity index (χ0n) is 77.5. The summed E-state index contributed by atoms with van der Waals surface area (Å²) >= 11 is 0. The number of aryl methyl sites for hydroxylation is 1. The third-order valence-corrected chi connectivity index (χ3v) is 28.1. The lowest BCUT2D eigenvalue weighted by Crippen LogP contribution is -2.10. The summed E-state index contributed by atoms with van der Waals surface area (Å²) in [6.45, 7) is 22.9. The van der Waals surface area contributed by atoms with Crippen LogP contribution in [-0.2, 0) is 16.2 Å². The lowest BCUT2D eigenvalue weighted by atomic mass is 9.81. The molecule has 0 N–H and O–H groups in total. The fourth-order valence-electron chi connectivity index (χ4n) is 21.4. The molecule has 0 bridgehead atoms. The Morgan fingerprint density at radius 3 is 0.642 bits per heavy atom. The summed E-state index contributed by atoms with van der Waals surface area (Å²) in [6, 6.07) is 163. The van der Waals surface area contributed by atoms with E-state index in [1.807, 2.05) is 0 Å². The molecule has 0 unspecified atom stereocenters. The Bertz CT molecular complexity index is 8780. The van der Waals surface area contributed by atoms with E-state index in [1.165, 1.54) is 247 Å². The average Bonchev–Trinajstić information content (AvgIpc) is 1.73. The molecular formula is C131H103N3. The minimum absolute atomic E-state index is 0.0324. The molecule has 642 valence electrons. The highest BCUT2D eigenvalue weighted by Crippen LogP contribution is 2.51. The highest BCUT2D eigenvalue weighted by molar-refractivity contribution is 6.25. The minimum Gasteiger partial charge on any atom is -0.309 e. The standard InChI is InChI=1S/C46H35N.C43H35N.C42H33N/c1-46(2,3)34-24-27-40-41(29-34)45(33-21-20-30-12-4-5-13-32(30)28-33)39-17-7-6-16-38(39)44(40)31-22-25-35(26-23-31)47-42-18-10-8-14-36(42)37-15-9-11-19-43(37)47;1-28-17-19-29(20-18-28)42-36-14-6-5-13-35(36)41(37-26-23-31(27-38(37)42)43(2,3)4)30-21-24-32(25-22-30)44-39-15-9-7-11-33(39)34-12-8-10-16-40(34)44;1-42(2,3)30-23-26-36-37(27-30)41(28-13-5-4-6-14-28)35-18-8-7-17-34(35)40(36)29-21-24-31(25-22-29)43-38-19-11-9-15-32(38)33-16-10-12-20-39(33)43/h4-29H,1-3H3;5-27H,1-4H3;4-27H,1-3H3. The number of benzene rings is 22. The molecule has 3 heteroatoms. The number of aromatic nitrogens is 3. The lowest BCUT2D eigenvalue weighted by molar-refractivity contribution is 0.591. The van der Waals surface area contributed by atoms with Crippen LogP contribution in [0, 0.1) is 6.92 Å². The molecule has 0 spiro atoms. The number of para-hydroxylation sites is 6. The number of hydrogen-bond acceptors (Lipinski definition) is 0. The largest absolute Gasteiger partial charge is 0.309 e. The number of hydrogen-bond donors (Lipinski definition) is 0. The zero-order chi connectivity index (χ0) is 90.8. The van der Waals surface area contributed by atoms with E-state index in [2.05, 4.69) is 526 Å². The molecule has 3 aromatic heterocycles. The van der Waals surface area contributed by atoms with Crippen molar-refractivity contribution >= 4 is 141 Å². The molecule has 22 aromatic carbocycles. The van der Waals surface area contributed by atoms with Crippen molar-refractivity contribution in [3.8, 4) is 83.8 Å². The van der Waals surface area contributed by atoms with Crippen LogP contribution in [0.2, 0.25) is 0 Å². The second-order valence-electron chi connectivity index (χ2n) is 39.5. The van der Waals surface area contributed by atoms with Crippen LogP contribution in [0.3, 0.4) is 0 Å². The molecule has 0 aliphatic carbocycles. The molecule has 25 aromatic rings. The molecule has 0 aliphatic rings. The van der Waals surface area contributed by atoms with E-state index >= 15 is 0 Å². The van der Waals surface area contributed by atoms with Crippen LogP contribution >= 0.6 is 0 Å². The predicted octanol–water partition coefficient (Wildman–Crippen LogP) is 36.6. The SMILES string of the molecule is CC(C)(C)c1ccc2c(-c3ccc(-n4c5ccccc5c5ccccc54)cc3)c3ccccc3c(-c3ccc4ccccc4c3)c2c1.CC(C)(C)c1ccc2c(-c3ccc(-n4c5ccccc5c5ccccc54)cc3)c3ccccc3c(-c3ccccc3)c2c1.Cc1ccc(-c2c3ccccc3c(-c3ccc(-n4c5ccccc5c5ccccc54)cc3)c3ccc(C(C)(C)C)cc23)cc1. The molecule has 134 heavy (non-hydrogen) atoms. The minimum atomic E-state index is 0.0324. The van der Waals surface area contributed by atoms with E-state index in [0.29, 0.717) is 0 Å². The van der Waals surface area contributed by atoms with Gasteiger partial charge in [-0.05, 0) is 279 Å². The monoisotopic (exact) mass is 1720 g/mol. The van der Waals surface area contributed by atoms with Gasteiger partial charge in [0.15, 0.2) is 0 Å². The van der Waals surface area contributed by atoms with Crippen molar-refractivity contribution in [3.63, 3.8) is 0 Å². The topological polar surface area (TPSA) is 14.8 Å². The average molecular weight is 1720 g/mol. The van der Waals surface area contributed by atoms with Crippen molar-refractivity contribution in [2.75, 3.05) is 0 Å². The maximum absolute atomic E-state index is 2.45. The van der Waals surface area contributed by atoms with Gasteiger partial charge in [-0.25, -0.2) is 0 Å². The summed E-state index contributed by atoms with van der Waals surface area (Å²) in [5.74, 6) is 0. The summed E-state index contributed by atoms with van der Waals surface area (Å²) in [5.41, 5.74) is 31.6. The first-order valence-electron chi connectivity index (χ1n) is 47.2. The first-order valence-corrected chi connectivity index (χ1v) is 47.2. The summed E-state index contributed by atoms with van der Waals surface area (Å²) in [7, 11) is 0. The van der Waals surface area contributed by atoms with Gasteiger partial charge in [-0.3, -0.25) is 0 Å². The van der Waals surface area contributed by atoms with Crippen molar-refractivity contribution in [1.82, 2.24) is 13.7 Å². The molecule has 0 aliphatic heterocycles. The molecule has 3 heterocycles. The van der Waals surface area contributed by atoms with Gasteiger partial charge < -0.3 is 13.7 Å². The fraction of sp³-hybridized carbons (Fsp3) is 0.0992. The van der Waals surface area contributed by atoms with Gasteiger partial charge in [0.25, 0.3) is 0 Å².